The third-order valence-electron chi connectivity index (χ3n) is 2.51. The fourth-order valence-electron chi connectivity index (χ4n) is 1.30. The number of urea groups is 1. The number of carboxylic acid groups (broad SMARTS) is 1. The highest BCUT2D eigenvalue weighted by atomic mass is 32.1. The first-order valence-corrected chi connectivity index (χ1v) is 6.36. The molecule has 100 valence electrons. The molecular weight excluding hydrogens is 256 g/mol. The first-order valence-electron chi connectivity index (χ1n) is 5.54. The van der Waals surface area contributed by atoms with Crippen LogP contribution in [-0.4, -0.2) is 33.3 Å². The smallest absolute Gasteiger partial charge is 0.326 e. The summed E-state index contributed by atoms with van der Waals surface area (Å²) in [5, 5.41) is 22.4. The largest absolute Gasteiger partial charge is 0.480 e. The maximum absolute atomic E-state index is 11.6. The Morgan fingerprint density at radius 1 is 1.44 bits per heavy atom. The van der Waals surface area contributed by atoms with Crippen LogP contribution in [0.25, 0.3) is 0 Å². The molecule has 0 aliphatic heterocycles. The van der Waals surface area contributed by atoms with Gasteiger partial charge in [-0.1, -0.05) is 31.6 Å². The zero-order chi connectivity index (χ0) is 13.7. The van der Waals surface area contributed by atoms with E-state index in [9.17, 15) is 9.59 Å². The van der Waals surface area contributed by atoms with Gasteiger partial charge in [0.15, 0.2) is 0 Å². The third kappa shape index (κ3) is 3.95. The van der Waals surface area contributed by atoms with Crippen molar-refractivity contribution in [3.63, 3.8) is 0 Å². The van der Waals surface area contributed by atoms with Crippen molar-refractivity contribution in [2.45, 2.75) is 33.2 Å². The molecule has 3 N–H and O–H groups in total. The van der Waals surface area contributed by atoms with Gasteiger partial charge in [-0.05, 0) is 12.8 Å². The first-order chi connectivity index (χ1) is 8.43. The quantitative estimate of drug-likeness (QED) is 0.753. The lowest BCUT2D eigenvalue weighted by atomic mass is 10.00. The summed E-state index contributed by atoms with van der Waals surface area (Å²) in [6.45, 7) is 5.41. The average molecular weight is 272 g/mol. The summed E-state index contributed by atoms with van der Waals surface area (Å²) in [6.07, 6.45) is 0.662. The molecule has 0 saturated heterocycles. The van der Waals surface area contributed by atoms with Crippen molar-refractivity contribution in [3.05, 3.63) is 5.01 Å². The van der Waals surface area contributed by atoms with Crippen molar-refractivity contribution >= 4 is 28.5 Å². The number of aryl methyl sites for hydroxylation is 1. The highest BCUT2D eigenvalue weighted by molar-refractivity contribution is 7.15. The number of carbonyl (C=O) groups excluding carboxylic acids is 1. The van der Waals surface area contributed by atoms with E-state index < -0.39 is 18.0 Å². The van der Waals surface area contributed by atoms with Crippen molar-refractivity contribution in [2.75, 3.05) is 5.32 Å². The number of nitrogens with one attached hydrogen (secondary N) is 2. The van der Waals surface area contributed by atoms with Crippen LogP contribution >= 0.6 is 11.3 Å². The Bertz CT molecular complexity index is 435. The Hall–Kier alpha value is -1.70. The predicted octanol–water partition coefficient (Wildman–Crippen LogP) is 1.47. The molecule has 0 aliphatic rings. The van der Waals surface area contributed by atoms with Crippen molar-refractivity contribution in [2.24, 2.45) is 5.92 Å². The van der Waals surface area contributed by atoms with Crippen molar-refractivity contribution in [1.82, 2.24) is 15.5 Å². The van der Waals surface area contributed by atoms with Crippen molar-refractivity contribution in [1.29, 1.82) is 0 Å². The number of hydrogen-bond acceptors (Lipinski definition) is 5. The van der Waals surface area contributed by atoms with Crippen LogP contribution in [0.15, 0.2) is 0 Å². The lowest BCUT2D eigenvalue weighted by molar-refractivity contribution is -0.140. The molecule has 1 aromatic rings. The molecule has 1 heterocycles. The van der Waals surface area contributed by atoms with E-state index in [1.807, 2.05) is 6.92 Å². The van der Waals surface area contributed by atoms with Crippen LogP contribution in [-0.2, 0) is 4.79 Å². The lowest BCUT2D eigenvalue weighted by Crippen LogP contribution is -2.46. The number of amides is 2. The summed E-state index contributed by atoms with van der Waals surface area (Å²) in [5.74, 6) is -1.20. The van der Waals surface area contributed by atoms with E-state index in [1.165, 1.54) is 11.3 Å². The van der Waals surface area contributed by atoms with Gasteiger partial charge in [0.25, 0.3) is 0 Å². The zero-order valence-corrected chi connectivity index (χ0v) is 11.2. The molecule has 0 aliphatic carbocycles. The second-order valence-corrected chi connectivity index (χ2v) is 5.11. The Balaban J connectivity index is 2.59. The molecule has 1 rings (SSSR count). The summed E-state index contributed by atoms with van der Waals surface area (Å²) in [6, 6.07) is -1.50. The van der Waals surface area contributed by atoms with Gasteiger partial charge in [0.05, 0.1) is 0 Å². The number of carbonyl (C=O) groups is 2. The molecule has 18 heavy (non-hydrogen) atoms. The van der Waals surface area contributed by atoms with Crippen molar-refractivity contribution < 1.29 is 14.7 Å². The Morgan fingerprint density at radius 2 is 2.11 bits per heavy atom. The van der Waals surface area contributed by atoms with Gasteiger partial charge in [0.1, 0.15) is 11.0 Å². The molecule has 0 fully saturated rings. The van der Waals surface area contributed by atoms with Crippen LogP contribution in [0.4, 0.5) is 9.93 Å². The molecule has 2 atom stereocenters. The maximum atomic E-state index is 11.6. The van der Waals surface area contributed by atoms with E-state index in [0.29, 0.717) is 11.6 Å². The standard InChI is InChI=1S/C10H16N4O3S/c1-4-5(2)7(8(15)16)11-9(17)12-10-14-13-6(3)18-10/h5,7H,4H2,1-3H3,(H,15,16)(H2,11,12,14,17)/t5-,7-/m0/s1. The van der Waals surface area contributed by atoms with Crippen LogP contribution in [0.2, 0.25) is 0 Å². The lowest BCUT2D eigenvalue weighted by Gasteiger charge is -2.19. The number of aliphatic carboxylic acids is 1. The fourth-order valence-corrected chi connectivity index (χ4v) is 1.89. The van der Waals surface area contributed by atoms with Gasteiger partial charge in [-0.3, -0.25) is 5.32 Å². The number of aromatic nitrogens is 2. The second-order valence-electron chi connectivity index (χ2n) is 3.93. The van der Waals surface area contributed by atoms with Gasteiger partial charge in [-0.25, -0.2) is 9.59 Å². The highest BCUT2D eigenvalue weighted by Crippen LogP contribution is 2.14. The summed E-state index contributed by atoms with van der Waals surface area (Å²) in [7, 11) is 0. The number of rotatable bonds is 5. The van der Waals surface area contributed by atoms with E-state index in [1.54, 1.807) is 13.8 Å². The topological polar surface area (TPSA) is 104 Å². The van der Waals surface area contributed by atoms with E-state index in [4.69, 9.17) is 5.11 Å². The highest BCUT2D eigenvalue weighted by Gasteiger charge is 2.25. The molecule has 0 unspecified atom stereocenters. The molecule has 0 spiro atoms. The number of anilines is 1. The molecule has 0 saturated carbocycles. The monoisotopic (exact) mass is 272 g/mol. The number of hydrogen-bond donors (Lipinski definition) is 3. The first kappa shape index (κ1) is 14.4. The Labute approximate surface area is 109 Å². The third-order valence-corrected chi connectivity index (χ3v) is 3.27. The SMILES string of the molecule is CC[C@H](C)[C@H](NC(=O)Nc1nnc(C)s1)C(=O)O. The number of carboxylic acids is 1. The normalized spacial score (nSPS) is 13.7. The predicted molar refractivity (Wildman–Crippen MR) is 67.7 cm³/mol. The molecule has 0 bridgehead atoms. The Morgan fingerprint density at radius 3 is 2.56 bits per heavy atom. The van der Waals surface area contributed by atoms with Crippen LogP contribution in [0, 0.1) is 12.8 Å². The summed E-state index contributed by atoms with van der Waals surface area (Å²) in [5.41, 5.74) is 0. The van der Waals surface area contributed by atoms with E-state index >= 15 is 0 Å². The average Bonchev–Trinajstić information content (AvgIpc) is 2.70. The van der Waals surface area contributed by atoms with E-state index in [-0.39, 0.29) is 5.92 Å². The van der Waals surface area contributed by atoms with Gasteiger partial charge < -0.3 is 10.4 Å². The molecule has 8 heteroatoms. The fraction of sp³-hybridized carbons (Fsp3) is 0.600. The Kier molecular flexibility index (Phi) is 5.02. The maximum Gasteiger partial charge on any atom is 0.326 e. The van der Waals surface area contributed by atoms with Gasteiger partial charge in [-0.15, -0.1) is 10.2 Å². The molecule has 0 radical (unpaired) electrons. The minimum Gasteiger partial charge on any atom is -0.480 e. The van der Waals surface area contributed by atoms with Gasteiger partial charge in [0, 0.05) is 0 Å². The molecule has 1 aromatic heterocycles. The van der Waals surface area contributed by atoms with Gasteiger partial charge in [0.2, 0.25) is 5.13 Å². The summed E-state index contributed by atoms with van der Waals surface area (Å²) < 4.78 is 0. The second kappa shape index (κ2) is 6.29. The molecule has 2 amide bonds. The molecule has 0 aromatic carbocycles. The summed E-state index contributed by atoms with van der Waals surface area (Å²) in [4.78, 5) is 22.6. The minimum atomic E-state index is -1.05. The van der Waals surface area contributed by atoms with E-state index in [0.717, 1.165) is 5.01 Å². The van der Waals surface area contributed by atoms with Crippen molar-refractivity contribution in [3.8, 4) is 0 Å². The summed E-state index contributed by atoms with van der Waals surface area (Å²) >= 11 is 1.22. The molecule has 7 nitrogen and oxygen atoms in total. The van der Waals surface area contributed by atoms with Crippen LogP contribution in [0.5, 0.6) is 0 Å². The minimum absolute atomic E-state index is 0.149. The van der Waals surface area contributed by atoms with Crippen LogP contribution < -0.4 is 10.6 Å². The van der Waals surface area contributed by atoms with Gasteiger partial charge in [-0.2, -0.15) is 0 Å². The zero-order valence-electron chi connectivity index (χ0n) is 10.4. The van der Waals surface area contributed by atoms with Crippen LogP contribution in [0.1, 0.15) is 25.3 Å². The van der Waals surface area contributed by atoms with E-state index in [2.05, 4.69) is 20.8 Å². The van der Waals surface area contributed by atoms with Gasteiger partial charge >= 0.3 is 12.0 Å². The van der Waals surface area contributed by atoms with Crippen LogP contribution in [0.3, 0.4) is 0 Å². The number of nitrogens with zero attached hydrogens (tertiary/aromatic N) is 2. The molecular formula is C10H16N4O3S.